The fraction of sp³-hybridized carbons (Fsp3) is 0.667. The summed E-state index contributed by atoms with van der Waals surface area (Å²) in [4.78, 5) is 41.9. The number of rotatable bonds is 5. The molecular weight excluding hydrogens is 464 g/mol. The van der Waals surface area contributed by atoms with Gasteiger partial charge < -0.3 is 14.8 Å². The summed E-state index contributed by atoms with van der Waals surface area (Å²) in [7, 11) is 1.31. The van der Waals surface area contributed by atoms with Crippen molar-refractivity contribution in [3.8, 4) is 0 Å². The van der Waals surface area contributed by atoms with E-state index in [0.717, 1.165) is 0 Å². The van der Waals surface area contributed by atoms with E-state index >= 15 is 0 Å². The Morgan fingerprint density at radius 1 is 1.41 bits per heavy atom. The van der Waals surface area contributed by atoms with Crippen molar-refractivity contribution in [3.05, 3.63) is 15.0 Å². The summed E-state index contributed by atoms with van der Waals surface area (Å²) in [6.07, 6.45) is 0.504. The molecule has 2 heterocycles. The molecule has 1 aliphatic heterocycles. The number of alkyl carbamates (subject to hydrolysis) is 1. The standard InChI is InChI=1S/C18H27BrN4O5S/c1-10(14-20-12(19)9-29-14)13(21-17(26)28-18(2,3)4)15(24)23-8-6-7-11(22-23)16(25)27-5/h9-11,13,22H,6-8H2,1-5H3,(H,21,26)/t10-,11-,13-/m0/s1. The predicted molar refractivity (Wildman–Crippen MR) is 111 cm³/mol. The predicted octanol–water partition coefficient (Wildman–Crippen LogP) is 2.57. The summed E-state index contributed by atoms with van der Waals surface area (Å²) in [6, 6.07) is -1.53. The van der Waals surface area contributed by atoms with Crippen LogP contribution in [0.5, 0.6) is 0 Å². The maximum atomic E-state index is 13.3. The molecule has 11 heteroatoms. The smallest absolute Gasteiger partial charge is 0.408 e. The number of nitrogens with zero attached hydrogens (tertiary/aromatic N) is 2. The lowest BCUT2D eigenvalue weighted by Crippen LogP contribution is -2.61. The van der Waals surface area contributed by atoms with Gasteiger partial charge in [0.25, 0.3) is 5.91 Å². The van der Waals surface area contributed by atoms with Gasteiger partial charge in [0.15, 0.2) is 0 Å². The first-order chi connectivity index (χ1) is 13.5. The van der Waals surface area contributed by atoms with Crippen LogP contribution in [0, 0.1) is 0 Å². The molecule has 1 aromatic rings. The van der Waals surface area contributed by atoms with E-state index in [1.54, 1.807) is 20.8 Å². The normalized spacial score (nSPS) is 19.2. The van der Waals surface area contributed by atoms with Gasteiger partial charge in [-0.2, -0.15) is 0 Å². The van der Waals surface area contributed by atoms with Crippen LogP contribution >= 0.6 is 27.3 Å². The van der Waals surface area contributed by atoms with Crippen LogP contribution in [-0.2, 0) is 19.1 Å². The van der Waals surface area contributed by atoms with E-state index in [-0.39, 0.29) is 5.91 Å². The van der Waals surface area contributed by atoms with Gasteiger partial charge in [-0.1, -0.05) is 6.92 Å². The zero-order chi connectivity index (χ0) is 21.8. The topological polar surface area (TPSA) is 110 Å². The van der Waals surface area contributed by atoms with Crippen LogP contribution in [0.25, 0.3) is 0 Å². The van der Waals surface area contributed by atoms with Gasteiger partial charge in [-0.3, -0.25) is 14.6 Å². The Bertz CT molecular complexity index is 751. The lowest BCUT2D eigenvalue weighted by atomic mass is 10.0. The summed E-state index contributed by atoms with van der Waals surface area (Å²) < 4.78 is 10.8. The molecule has 1 fully saturated rings. The van der Waals surface area contributed by atoms with Crippen molar-refractivity contribution in [1.82, 2.24) is 20.7 Å². The van der Waals surface area contributed by atoms with Crippen LogP contribution < -0.4 is 10.7 Å². The number of nitrogens with one attached hydrogen (secondary N) is 2. The molecule has 9 nitrogen and oxygen atoms in total. The second kappa shape index (κ2) is 9.86. The number of esters is 1. The van der Waals surface area contributed by atoms with E-state index in [1.165, 1.54) is 23.5 Å². The van der Waals surface area contributed by atoms with Crippen molar-refractivity contribution < 1.29 is 23.9 Å². The Kier molecular flexibility index (Phi) is 8.01. The first-order valence-electron chi connectivity index (χ1n) is 9.27. The summed E-state index contributed by atoms with van der Waals surface area (Å²) in [6.45, 7) is 7.47. The lowest BCUT2D eigenvalue weighted by Gasteiger charge is -2.36. The van der Waals surface area contributed by atoms with Gasteiger partial charge in [0, 0.05) is 17.8 Å². The average molecular weight is 491 g/mol. The highest BCUT2D eigenvalue weighted by atomic mass is 79.9. The largest absolute Gasteiger partial charge is 0.468 e. The third-order valence-corrected chi connectivity index (χ3v) is 6.01. The van der Waals surface area contributed by atoms with E-state index in [2.05, 4.69) is 31.7 Å². The van der Waals surface area contributed by atoms with Crippen LogP contribution in [0.4, 0.5) is 4.79 Å². The summed E-state index contributed by atoms with van der Waals surface area (Å²) in [5, 5.41) is 6.55. The maximum absolute atomic E-state index is 13.3. The van der Waals surface area contributed by atoms with Crippen molar-refractivity contribution in [2.45, 2.75) is 64.1 Å². The highest BCUT2D eigenvalue weighted by Gasteiger charge is 2.37. The van der Waals surface area contributed by atoms with Crippen molar-refractivity contribution in [2.75, 3.05) is 13.7 Å². The third kappa shape index (κ3) is 6.65. The lowest BCUT2D eigenvalue weighted by molar-refractivity contribution is -0.150. The molecular formula is C18H27BrN4O5S. The molecule has 29 heavy (non-hydrogen) atoms. The van der Waals surface area contributed by atoms with E-state index in [1.807, 2.05) is 12.3 Å². The first kappa shape index (κ1) is 23.6. The van der Waals surface area contributed by atoms with E-state index < -0.39 is 35.7 Å². The molecule has 0 spiro atoms. The third-order valence-electron chi connectivity index (χ3n) is 4.26. The Hall–Kier alpha value is -1.72. The van der Waals surface area contributed by atoms with Gasteiger partial charge in [-0.25, -0.2) is 15.2 Å². The monoisotopic (exact) mass is 490 g/mol. The van der Waals surface area contributed by atoms with Crippen LogP contribution in [0.15, 0.2) is 9.98 Å². The molecule has 0 radical (unpaired) electrons. The van der Waals surface area contributed by atoms with E-state index in [0.29, 0.717) is 29.0 Å². The van der Waals surface area contributed by atoms with Gasteiger partial charge in [0.1, 0.15) is 22.3 Å². The summed E-state index contributed by atoms with van der Waals surface area (Å²) >= 11 is 4.70. The van der Waals surface area contributed by atoms with Crippen molar-refractivity contribution in [3.63, 3.8) is 0 Å². The number of amides is 2. The molecule has 162 valence electrons. The summed E-state index contributed by atoms with van der Waals surface area (Å²) in [5.41, 5.74) is 2.20. The van der Waals surface area contributed by atoms with Gasteiger partial charge in [-0.15, -0.1) is 11.3 Å². The molecule has 3 atom stereocenters. The molecule has 1 aromatic heterocycles. The van der Waals surface area contributed by atoms with Crippen molar-refractivity contribution in [1.29, 1.82) is 0 Å². The molecule has 1 saturated heterocycles. The zero-order valence-electron chi connectivity index (χ0n) is 17.2. The Balaban J connectivity index is 2.22. The number of methoxy groups -OCH3 is 1. The number of carbonyl (C=O) groups is 3. The zero-order valence-corrected chi connectivity index (χ0v) is 19.6. The number of carbonyl (C=O) groups excluding carboxylic acids is 3. The number of hydrogen-bond donors (Lipinski definition) is 2. The Labute approximate surface area is 182 Å². The quantitative estimate of drug-likeness (QED) is 0.610. The number of hydrogen-bond acceptors (Lipinski definition) is 8. The van der Waals surface area contributed by atoms with Gasteiger partial charge >= 0.3 is 12.1 Å². The van der Waals surface area contributed by atoms with Crippen LogP contribution in [0.2, 0.25) is 0 Å². The molecule has 2 rings (SSSR count). The molecule has 1 aliphatic rings. The Morgan fingerprint density at radius 3 is 2.66 bits per heavy atom. The number of halogens is 1. The fourth-order valence-electron chi connectivity index (χ4n) is 2.88. The minimum Gasteiger partial charge on any atom is -0.468 e. The number of thiazole rings is 1. The van der Waals surface area contributed by atoms with Crippen LogP contribution in [0.3, 0.4) is 0 Å². The highest BCUT2D eigenvalue weighted by molar-refractivity contribution is 9.10. The maximum Gasteiger partial charge on any atom is 0.408 e. The van der Waals surface area contributed by atoms with Gasteiger partial charge in [-0.05, 0) is 49.5 Å². The van der Waals surface area contributed by atoms with E-state index in [9.17, 15) is 14.4 Å². The number of hydrazine groups is 1. The number of aromatic nitrogens is 1. The van der Waals surface area contributed by atoms with Crippen LogP contribution in [-0.4, -0.2) is 59.3 Å². The molecule has 0 unspecified atom stereocenters. The molecule has 2 N–H and O–H groups in total. The SMILES string of the molecule is COC(=O)[C@@H]1CCCN(C(=O)[C@@H](NC(=O)OC(C)(C)C)[C@H](C)c2nc(Br)cs2)N1. The van der Waals surface area contributed by atoms with Gasteiger partial charge in [0.05, 0.1) is 12.1 Å². The second-order valence-corrected chi connectivity index (χ2v) is 9.46. The molecule has 0 bridgehead atoms. The van der Waals surface area contributed by atoms with Crippen LogP contribution in [0.1, 0.15) is 51.5 Å². The minimum absolute atomic E-state index is 0.372. The van der Waals surface area contributed by atoms with Crippen molar-refractivity contribution in [2.24, 2.45) is 0 Å². The summed E-state index contributed by atoms with van der Waals surface area (Å²) in [5.74, 6) is -1.22. The van der Waals surface area contributed by atoms with Gasteiger partial charge in [0.2, 0.25) is 0 Å². The number of ether oxygens (including phenoxy) is 2. The van der Waals surface area contributed by atoms with Crippen molar-refractivity contribution >= 4 is 45.2 Å². The highest BCUT2D eigenvalue weighted by Crippen LogP contribution is 2.27. The van der Waals surface area contributed by atoms with E-state index in [4.69, 9.17) is 9.47 Å². The molecule has 2 amide bonds. The Morgan fingerprint density at radius 2 is 2.10 bits per heavy atom. The molecule has 0 saturated carbocycles. The fourth-order valence-corrected chi connectivity index (χ4v) is 4.24. The minimum atomic E-state index is -0.924. The first-order valence-corrected chi connectivity index (χ1v) is 10.9. The average Bonchev–Trinajstić information content (AvgIpc) is 3.09. The molecule has 0 aliphatic carbocycles. The second-order valence-electron chi connectivity index (χ2n) is 7.76. The molecule has 0 aromatic carbocycles.